The number of benzene rings is 2. The molecule has 0 saturated carbocycles. The number of piperidine rings is 1. The van der Waals surface area contributed by atoms with E-state index in [1.54, 1.807) is 24.1 Å². The van der Waals surface area contributed by atoms with Crippen LogP contribution in [0.5, 0.6) is 5.75 Å². The van der Waals surface area contributed by atoms with Gasteiger partial charge < -0.3 is 19.5 Å². The molecule has 2 amide bonds. The van der Waals surface area contributed by atoms with Crippen molar-refractivity contribution in [3.05, 3.63) is 82.4 Å². The molecule has 8 nitrogen and oxygen atoms in total. The molecule has 0 unspecified atom stereocenters. The molecule has 2 aromatic carbocycles. The zero-order chi connectivity index (χ0) is 30.8. The number of hydrogen-bond donors (Lipinski definition) is 2. The van der Waals surface area contributed by atoms with E-state index in [4.69, 9.17) is 9.39 Å². The summed E-state index contributed by atoms with van der Waals surface area (Å²) >= 11 is 0. The van der Waals surface area contributed by atoms with Gasteiger partial charge in [0.25, 0.3) is 0 Å². The Hall–Kier alpha value is -3.24. The van der Waals surface area contributed by atoms with E-state index >= 15 is 0 Å². The number of phenolic OH excluding ortho intramolecular Hbond substituents is 1. The molecule has 3 fully saturated rings. The number of phenols is 1. The number of hydrogen-bond acceptors (Lipinski definition) is 7. The van der Waals surface area contributed by atoms with Crippen LogP contribution in [0.1, 0.15) is 50.2 Å². The van der Waals surface area contributed by atoms with E-state index in [9.17, 15) is 19.7 Å². The Morgan fingerprint density at radius 2 is 1.84 bits per heavy atom. The first kappa shape index (κ1) is 30.8. The summed E-state index contributed by atoms with van der Waals surface area (Å²) in [6.45, 7) is 4.99. The number of carbonyl (C=O) groups excluding carboxylic acids is 2. The highest BCUT2D eigenvalue weighted by Gasteiger charge is 2.58. The minimum atomic E-state index is -0.996. The number of nitrogens with zero attached hydrogens (tertiary/aromatic N) is 2. The Balaban J connectivity index is 1.17. The molecule has 1 aliphatic carbocycles. The maximum atomic E-state index is 14.1. The molecule has 2 N–H and O–H groups in total. The zero-order valence-corrected chi connectivity index (χ0v) is 25.7. The number of ether oxygens (including phenoxy) is 1. The average molecular weight is 599 g/mol. The molecule has 3 saturated heterocycles. The standard InChI is InChI=1S/C35H43BN2O6/c1-23(17-25-9-6-10-28(39)18-25)11-12-31-32-26(22-43-2)19-29-33(30(32)20-36(42)44-31)35(41)38(34(29)40)27-13-15-37(16-14-27)21-24-7-4-3-5-8-24/h3-10,17-18,27,29-31,33,39,42H,11-16,19-22H2,1-2H3/b23-17+/t29-,30+,31-,33-/m1/s1. The van der Waals surface area contributed by atoms with Gasteiger partial charge >= 0.3 is 7.12 Å². The molecule has 3 aliphatic heterocycles. The van der Waals surface area contributed by atoms with Gasteiger partial charge in [-0.15, -0.1) is 0 Å². The predicted molar refractivity (Wildman–Crippen MR) is 169 cm³/mol. The van der Waals surface area contributed by atoms with Crippen LogP contribution >= 0.6 is 0 Å². The lowest BCUT2D eigenvalue weighted by molar-refractivity contribution is -0.144. The summed E-state index contributed by atoms with van der Waals surface area (Å²) < 4.78 is 11.7. The van der Waals surface area contributed by atoms with Crippen molar-refractivity contribution < 1.29 is 29.1 Å². The van der Waals surface area contributed by atoms with Crippen molar-refractivity contribution in [1.82, 2.24) is 9.80 Å². The van der Waals surface area contributed by atoms with Gasteiger partial charge in [0.2, 0.25) is 11.8 Å². The van der Waals surface area contributed by atoms with E-state index in [1.807, 2.05) is 31.2 Å². The number of allylic oxidation sites excluding steroid dienone is 1. The third-order valence-corrected chi connectivity index (χ3v) is 9.92. The summed E-state index contributed by atoms with van der Waals surface area (Å²) in [5.74, 6) is -1.04. The van der Waals surface area contributed by atoms with Crippen LogP contribution in [-0.2, 0) is 25.5 Å². The molecule has 9 heteroatoms. The van der Waals surface area contributed by atoms with E-state index < -0.39 is 19.0 Å². The lowest BCUT2D eigenvalue weighted by atomic mass is 9.58. The van der Waals surface area contributed by atoms with Gasteiger partial charge in [-0.3, -0.25) is 19.4 Å². The fraction of sp³-hybridized carbons (Fsp3) is 0.486. The van der Waals surface area contributed by atoms with Crippen LogP contribution in [0, 0.1) is 17.8 Å². The Morgan fingerprint density at radius 1 is 1.07 bits per heavy atom. The van der Waals surface area contributed by atoms with Crippen LogP contribution in [-0.4, -0.2) is 77.8 Å². The lowest BCUT2D eigenvalue weighted by Gasteiger charge is -2.43. The van der Waals surface area contributed by atoms with Crippen molar-refractivity contribution in [2.75, 3.05) is 26.8 Å². The highest BCUT2D eigenvalue weighted by Crippen LogP contribution is 2.51. The molecule has 0 spiro atoms. The van der Waals surface area contributed by atoms with E-state index in [2.05, 4.69) is 29.2 Å². The molecule has 232 valence electrons. The number of methoxy groups -OCH3 is 1. The summed E-state index contributed by atoms with van der Waals surface area (Å²) in [6, 6.07) is 17.4. The Morgan fingerprint density at radius 3 is 2.57 bits per heavy atom. The number of fused-ring (bicyclic) bond motifs is 3. The van der Waals surface area contributed by atoms with Crippen LogP contribution in [0.25, 0.3) is 6.08 Å². The Labute approximate surface area is 260 Å². The fourth-order valence-corrected chi connectivity index (χ4v) is 7.96. The number of rotatable bonds is 9. The van der Waals surface area contributed by atoms with E-state index in [0.717, 1.165) is 61.2 Å². The average Bonchev–Trinajstić information content (AvgIpc) is 3.26. The first-order valence-corrected chi connectivity index (χ1v) is 16.0. The predicted octanol–water partition coefficient (Wildman–Crippen LogP) is 4.68. The normalized spacial score (nSPS) is 26.8. The van der Waals surface area contributed by atoms with Crippen LogP contribution in [0.2, 0.25) is 6.32 Å². The fourth-order valence-electron chi connectivity index (χ4n) is 7.96. The van der Waals surface area contributed by atoms with Crippen molar-refractivity contribution in [3.63, 3.8) is 0 Å². The van der Waals surface area contributed by atoms with Crippen molar-refractivity contribution >= 4 is 25.0 Å². The SMILES string of the molecule is COCC1=C2[C@@H](CC/C(C)=C/c3cccc(O)c3)OB(O)C[C@@H]2[C@@H]2C(=O)N(C3CCN(Cc4ccccc4)CC3)C(=O)[C@@H]2C1. The van der Waals surface area contributed by atoms with Gasteiger partial charge in [0.1, 0.15) is 5.75 Å². The highest BCUT2D eigenvalue weighted by molar-refractivity contribution is 6.43. The van der Waals surface area contributed by atoms with E-state index in [-0.39, 0.29) is 35.6 Å². The number of imide groups is 1. The molecule has 3 heterocycles. The highest BCUT2D eigenvalue weighted by atomic mass is 16.5. The maximum absolute atomic E-state index is 14.1. The molecule has 44 heavy (non-hydrogen) atoms. The van der Waals surface area contributed by atoms with E-state index in [1.165, 1.54) is 5.56 Å². The summed E-state index contributed by atoms with van der Waals surface area (Å²) in [6.07, 6.45) is 5.39. The summed E-state index contributed by atoms with van der Waals surface area (Å²) in [4.78, 5) is 32.1. The van der Waals surface area contributed by atoms with Crippen molar-refractivity contribution in [2.24, 2.45) is 17.8 Å². The first-order chi connectivity index (χ1) is 21.3. The van der Waals surface area contributed by atoms with Gasteiger partial charge in [0, 0.05) is 32.8 Å². The smallest absolute Gasteiger partial charge is 0.455 e. The molecule has 0 aromatic heterocycles. The van der Waals surface area contributed by atoms with Crippen LogP contribution in [0.4, 0.5) is 0 Å². The van der Waals surface area contributed by atoms with Gasteiger partial charge in [0.05, 0.1) is 24.5 Å². The summed E-state index contributed by atoms with van der Waals surface area (Å²) in [7, 11) is 0.659. The third-order valence-electron chi connectivity index (χ3n) is 9.92. The third kappa shape index (κ3) is 6.42. The molecular formula is C35H43BN2O6. The van der Waals surface area contributed by atoms with Gasteiger partial charge in [-0.1, -0.05) is 54.1 Å². The zero-order valence-electron chi connectivity index (χ0n) is 25.7. The molecule has 6 rings (SSSR count). The second-order valence-electron chi connectivity index (χ2n) is 12.9. The second-order valence-corrected chi connectivity index (χ2v) is 12.9. The molecular weight excluding hydrogens is 555 g/mol. The number of likely N-dealkylation sites (tertiary alicyclic amines) is 2. The summed E-state index contributed by atoms with van der Waals surface area (Å²) in [5, 5.41) is 20.7. The van der Waals surface area contributed by atoms with Gasteiger partial charge in [-0.2, -0.15) is 0 Å². The quantitative estimate of drug-likeness (QED) is 0.246. The van der Waals surface area contributed by atoms with Gasteiger partial charge in [-0.05, 0) is 85.7 Å². The number of carbonyl (C=O) groups is 2. The van der Waals surface area contributed by atoms with E-state index in [0.29, 0.717) is 25.8 Å². The molecule has 4 atom stereocenters. The molecule has 4 aliphatic rings. The Bertz CT molecular complexity index is 1420. The number of aromatic hydroxyl groups is 1. The second kappa shape index (κ2) is 13.4. The van der Waals surface area contributed by atoms with Gasteiger partial charge in [0.15, 0.2) is 0 Å². The van der Waals surface area contributed by atoms with Crippen molar-refractivity contribution in [2.45, 2.75) is 64.0 Å². The van der Waals surface area contributed by atoms with Crippen LogP contribution < -0.4 is 0 Å². The molecule has 0 bridgehead atoms. The Kier molecular flexibility index (Phi) is 9.38. The lowest BCUT2D eigenvalue weighted by Crippen LogP contribution is -2.48. The first-order valence-electron chi connectivity index (χ1n) is 16.0. The van der Waals surface area contributed by atoms with Gasteiger partial charge in [-0.25, -0.2) is 0 Å². The van der Waals surface area contributed by atoms with Crippen molar-refractivity contribution in [1.29, 1.82) is 0 Å². The topological polar surface area (TPSA) is 99.5 Å². The molecule has 2 aromatic rings. The minimum Gasteiger partial charge on any atom is -0.508 e. The van der Waals surface area contributed by atoms with Crippen LogP contribution in [0.3, 0.4) is 0 Å². The van der Waals surface area contributed by atoms with Crippen LogP contribution in [0.15, 0.2) is 71.3 Å². The maximum Gasteiger partial charge on any atom is 0.455 e. The molecule has 0 radical (unpaired) electrons. The monoisotopic (exact) mass is 598 g/mol. The number of amides is 2. The minimum absolute atomic E-state index is 0.0587. The summed E-state index contributed by atoms with van der Waals surface area (Å²) in [5.41, 5.74) is 5.39. The largest absolute Gasteiger partial charge is 0.508 e. The van der Waals surface area contributed by atoms with Crippen molar-refractivity contribution in [3.8, 4) is 5.75 Å².